The number of hydrogen-bond donors (Lipinski definition) is 0. The highest BCUT2D eigenvalue weighted by Crippen LogP contribution is 2.48. The van der Waals surface area contributed by atoms with Crippen LogP contribution in [0.4, 0.5) is 13.2 Å². The maximum Gasteiger partial charge on any atom is 0.412 e. The fourth-order valence-corrected chi connectivity index (χ4v) is 1.96. The topological polar surface area (TPSA) is 35.5 Å². The van der Waals surface area contributed by atoms with Gasteiger partial charge in [-0.3, -0.25) is 9.09 Å². The van der Waals surface area contributed by atoms with Crippen LogP contribution in [0.25, 0.3) is 0 Å². The van der Waals surface area contributed by atoms with Gasteiger partial charge in [0.2, 0.25) is 0 Å². The van der Waals surface area contributed by atoms with Crippen molar-refractivity contribution in [2.24, 2.45) is 0 Å². The van der Waals surface area contributed by atoms with E-state index in [2.05, 4.69) is 9.05 Å². The quantitative estimate of drug-likeness (QED) is 0.668. The maximum absolute atomic E-state index is 11.7. The smallest absolute Gasteiger partial charge is 0.312 e. The van der Waals surface area contributed by atoms with Crippen molar-refractivity contribution in [3.63, 3.8) is 0 Å². The lowest BCUT2D eigenvalue weighted by atomic mass is 10.6. The minimum Gasteiger partial charge on any atom is -0.312 e. The van der Waals surface area contributed by atoms with Crippen LogP contribution in [0.1, 0.15) is 13.3 Å². The molecule has 0 amide bonds. The third-order valence-electron chi connectivity index (χ3n) is 1.20. The molecule has 0 bridgehead atoms. The summed E-state index contributed by atoms with van der Waals surface area (Å²) in [6.45, 7) is 0.154. The molecule has 0 fully saturated rings. The fraction of sp³-hybridized carbons (Fsp3) is 1.00. The van der Waals surface area contributed by atoms with E-state index in [0.29, 0.717) is 6.42 Å². The second-order valence-corrected chi connectivity index (χ2v) is 4.70. The lowest BCUT2D eigenvalue weighted by Crippen LogP contribution is -2.16. The minimum absolute atomic E-state index is 0.000417. The van der Waals surface area contributed by atoms with Crippen molar-refractivity contribution in [3.8, 4) is 0 Å². The molecule has 0 aromatic rings. The summed E-state index contributed by atoms with van der Waals surface area (Å²) in [5, 5.41) is 0. The van der Waals surface area contributed by atoms with E-state index in [0.717, 1.165) is 7.11 Å². The van der Waals surface area contributed by atoms with Gasteiger partial charge >= 0.3 is 13.8 Å². The van der Waals surface area contributed by atoms with Crippen LogP contribution in [0.3, 0.4) is 0 Å². The summed E-state index contributed by atoms with van der Waals surface area (Å²) in [5.74, 6) is 0. The van der Waals surface area contributed by atoms with Crippen molar-refractivity contribution in [1.82, 2.24) is 0 Å². The van der Waals surface area contributed by atoms with Crippen molar-refractivity contribution < 1.29 is 26.8 Å². The van der Waals surface area contributed by atoms with E-state index in [1.165, 1.54) is 0 Å². The number of hydrogen-bond acceptors (Lipinski definition) is 3. The van der Waals surface area contributed by atoms with Gasteiger partial charge in [0.25, 0.3) is 0 Å². The monoisotopic (exact) mass is 220 g/mol. The van der Waals surface area contributed by atoms with Crippen LogP contribution in [0.2, 0.25) is 0 Å². The van der Waals surface area contributed by atoms with Gasteiger partial charge in [0.05, 0.1) is 0 Å². The SMILES string of the molecule is CCCP(=O)(OC)OCC(F)(F)F. The molecule has 0 aromatic heterocycles. The molecule has 1 unspecified atom stereocenters. The fourth-order valence-electron chi connectivity index (χ4n) is 0.654. The molecule has 0 aliphatic heterocycles. The summed E-state index contributed by atoms with van der Waals surface area (Å²) in [5.41, 5.74) is 0. The first-order valence-electron chi connectivity index (χ1n) is 3.69. The number of alkyl halides is 3. The largest absolute Gasteiger partial charge is 0.412 e. The average Bonchev–Trinajstić information content (AvgIpc) is 2.01. The van der Waals surface area contributed by atoms with Gasteiger partial charge in [-0.2, -0.15) is 13.2 Å². The first-order valence-corrected chi connectivity index (χ1v) is 5.42. The van der Waals surface area contributed by atoms with E-state index in [1.54, 1.807) is 6.92 Å². The Bertz CT molecular complexity index is 192. The highest BCUT2D eigenvalue weighted by molar-refractivity contribution is 7.53. The molecule has 13 heavy (non-hydrogen) atoms. The molecule has 0 aliphatic rings. The molecule has 1 atom stereocenters. The van der Waals surface area contributed by atoms with Crippen LogP contribution in [-0.2, 0) is 13.6 Å². The van der Waals surface area contributed by atoms with E-state index in [9.17, 15) is 17.7 Å². The molecule has 0 saturated carbocycles. The Balaban J connectivity index is 4.06. The second-order valence-electron chi connectivity index (χ2n) is 2.41. The average molecular weight is 220 g/mol. The lowest BCUT2D eigenvalue weighted by Gasteiger charge is -2.16. The Morgan fingerprint density at radius 3 is 2.23 bits per heavy atom. The van der Waals surface area contributed by atoms with Gasteiger partial charge in [-0.05, 0) is 6.42 Å². The van der Waals surface area contributed by atoms with E-state index in [-0.39, 0.29) is 6.16 Å². The molecule has 80 valence electrons. The molecule has 0 rings (SSSR count). The van der Waals surface area contributed by atoms with E-state index < -0.39 is 20.4 Å². The molecule has 0 aliphatic carbocycles. The molecular weight excluding hydrogens is 208 g/mol. The first kappa shape index (κ1) is 12.9. The summed E-state index contributed by atoms with van der Waals surface area (Å²) in [6, 6.07) is 0. The van der Waals surface area contributed by atoms with Gasteiger partial charge in [0, 0.05) is 13.3 Å². The van der Waals surface area contributed by atoms with Crippen LogP contribution in [0.5, 0.6) is 0 Å². The normalized spacial score (nSPS) is 17.0. The van der Waals surface area contributed by atoms with Crippen LogP contribution in [0.15, 0.2) is 0 Å². The van der Waals surface area contributed by atoms with E-state index in [4.69, 9.17) is 0 Å². The molecule has 0 saturated heterocycles. The highest BCUT2D eigenvalue weighted by atomic mass is 31.2. The molecule has 0 N–H and O–H groups in total. The number of halogens is 3. The minimum atomic E-state index is -4.47. The van der Waals surface area contributed by atoms with E-state index in [1.807, 2.05) is 0 Å². The van der Waals surface area contributed by atoms with Gasteiger partial charge in [0.1, 0.15) is 0 Å². The van der Waals surface area contributed by atoms with Crippen LogP contribution in [0, 0.1) is 0 Å². The predicted octanol–water partition coefficient (Wildman–Crippen LogP) is 2.81. The summed E-state index contributed by atoms with van der Waals surface area (Å²) >= 11 is 0. The molecule has 0 radical (unpaired) electrons. The second kappa shape index (κ2) is 4.98. The Hall–Kier alpha value is -0.0600. The van der Waals surface area contributed by atoms with Gasteiger partial charge < -0.3 is 4.52 Å². The van der Waals surface area contributed by atoms with Crippen LogP contribution >= 0.6 is 7.60 Å². The zero-order valence-electron chi connectivity index (χ0n) is 7.43. The lowest BCUT2D eigenvalue weighted by molar-refractivity contribution is -0.155. The van der Waals surface area contributed by atoms with E-state index >= 15 is 0 Å². The standard InChI is InChI=1S/C6H12F3O3P/c1-3-4-13(10,11-2)12-5-6(7,8)9/h3-5H2,1-2H3. The summed E-state index contributed by atoms with van der Waals surface area (Å²) in [7, 11) is -2.44. The van der Waals surface area contributed by atoms with Gasteiger partial charge in [0.15, 0.2) is 6.61 Å². The molecule has 3 nitrogen and oxygen atoms in total. The molecular formula is C6H12F3O3P. The zero-order valence-corrected chi connectivity index (χ0v) is 8.32. The summed E-state index contributed by atoms with van der Waals surface area (Å²) in [6.07, 6.45) is -4.02. The Morgan fingerprint density at radius 2 is 1.92 bits per heavy atom. The summed E-state index contributed by atoms with van der Waals surface area (Å²) in [4.78, 5) is 0. The highest BCUT2D eigenvalue weighted by Gasteiger charge is 2.33. The Labute approximate surface area is 74.8 Å². The van der Waals surface area contributed by atoms with Crippen molar-refractivity contribution >= 4 is 7.60 Å². The third-order valence-corrected chi connectivity index (χ3v) is 3.27. The van der Waals surface area contributed by atoms with Crippen molar-refractivity contribution in [1.29, 1.82) is 0 Å². The third kappa shape index (κ3) is 6.07. The van der Waals surface area contributed by atoms with Gasteiger partial charge in [-0.25, -0.2) is 0 Å². The van der Waals surface area contributed by atoms with Crippen molar-refractivity contribution in [3.05, 3.63) is 0 Å². The van der Waals surface area contributed by atoms with Crippen LogP contribution < -0.4 is 0 Å². The molecule has 7 heteroatoms. The van der Waals surface area contributed by atoms with Crippen molar-refractivity contribution in [2.75, 3.05) is 19.9 Å². The molecule has 0 aromatic carbocycles. The molecule has 0 spiro atoms. The maximum atomic E-state index is 11.7. The Morgan fingerprint density at radius 1 is 1.38 bits per heavy atom. The van der Waals surface area contributed by atoms with Crippen LogP contribution in [-0.4, -0.2) is 26.1 Å². The molecule has 0 heterocycles. The van der Waals surface area contributed by atoms with Crippen molar-refractivity contribution in [2.45, 2.75) is 19.5 Å². The number of rotatable bonds is 5. The Kier molecular flexibility index (Phi) is 4.96. The zero-order chi connectivity index (χ0) is 10.5. The summed E-state index contributed by atoms with van der Waals surface area (Å²) < 4.78 is 54.9. The van der Waals surface area contributed by atoms with Gasteiger partial charge in [-0.15, -0.1) is 0 Å². The first-order chi connectivity index (χ1) is 5.83. The van der Waals surface area contributed by atoms with Gasteiger partial charge in [-0.1, -0.05) is 6.92 Å². The predicted molar refractivity (Wildman–Crippen MR) is 41.8 cm³/mol.